The zero-order chi connectivity index (χ0) is 18.5. The number of hydrogen-bond donors (Lipinski definition) is 0. The maximum Gasteiger partial charge on any atom is 0.320 e. The summed E-state index contributed by atoms with van der Waals surface area (Å²) in [7, 11) is -9.67. The van der Waals surface area contributed by atoms with Gasteiger partial charge in [0.2, 0.25) is 0 Å². The molecule has 0 spiro atoms. The molecule has 6 nitrogen and oxygen atoms in total. The molecule has 24 heavy (non-hydrogen) atoms. The van der Waals surface area contributed by atoms with Crippen molar-refractivity contribution in [3.8, 4) is 12.1 Å². The van der Waals surface area contributed by atoms with Crippen LogP contribution in [0.25, 0.3) is 0 Å². The Bertz CT molecular complexity index is 470. The van der Waals surface area contributed by atoms with Crippen molar-refractivity contribution in [2.75, 3.05) is 0 Å². The summed E-state index contributed by atoms with van der Waals surface area (Å²) in [6, 6.07) is 5.92. The summed E-state index contributed by atoms with van der Waals surface area (Å²) in [4.78, 5) is 0. The molecule has 1 rings (SSSR count). The molecule has 0 bridgehead atoms. The van der Waals surface area contributed by atoms with Gasteiger partial charge < -0.3 is 16.5 Å². The highest BCUT2D eigenvalue weighted by Gasteiger charge is 2.53. The lowest BCUT2D eigenvalue weighted by molar-refractivity contribution is 0.229. The number of unbranched alkanes of at least 4 members (excludes halogenated alkanes) is 2. The molecule has 0 aromatic carbocycles. The number of rotatable bonds is 6. The summed E-state index contributed by atoms with van der Waals surface area (Å²) in [6.07, 6.45) is 2.49. The molecule has 1 saturated heterocycles. The van der Waals surface area contributed by atoms with E-state index >= 15 is 0 Å². The fraction of sp³-hybridized carbons (Fsp3) is 0.857. The van der Waals surface area contributed by atoms with Gasteiger partial charge in [-0.3, -0.25) is 0 Å². The van der Waals surface area contributed by atoms with E-state index in [2.05, 4.69) is 12.1 Å². The van der Waals surface area contributed by atoms with Crippen LogP contribution in [0.1, 0.15) is 25.7 Å². The summed E-state index contributed by atoms with van der Waals surface area (Å²) >= 11 is 0. The molecule has 0 radical (unpaired) electrons. The molecule has 0 N–H and O–H groups in total. The monoisotopic (exact) mass is 402 g/mol. The van der Waals surface area contributed by atoms with Crippen LogP contribution in [0.5, 0.6) is 0 Å². The van der Waals surface area contributed by atoms with Crippen molar-refractivity contribution in [2.45, 2.75) is 77.1 Å². The van der Waals surface area contributed by atoms with Crippen LogP contribution in [0.2, 0.25) is 51.4 Å². The molecule has 0 saturated carbocycles. The van der Waals surface area contributed by atoms with E-state index in [-0.39, 0.29) is 0 Å². The average Bonchev–Trinajstić information content (AvgIpc) is 2.33. The van der Waals surface area contributed by atoms with E-state index in [0.29, 0.717) is 12.8 Å². The minimum absolute atomic E-state index is 0.492. The Morgan fingerprint density at radius 1 is 0.625 bits per heavy atom. The van der Waals surface area contributed by atoms with Gasteiger partial charge >= 0.3 is 34.2 Å². The molecule has 1 aliphatic heterocycles. The molecule has 0 aromatic rings. The predicted molar refractivity (Wildman–Crippen MR) is 102 cm³/mol. The van der Waals surface area contributed by atoms with Gasteiger partial charge in [0, 0.05) is 12.8 Å². The Labute approximate surface area is 150 Å². The van der Waals surface area contributed by atoms with E-state index in [1.54, 1.807) is 0 Å². The van der Waals surface area contributed by atoms with Crippen LogP contribution < -0.4 is 0 Å². The van der Waals surface area contributed by atoms with Crippen molar-refractivity contribution in [1.82, 2.24) is 0 Å². The highest BCUT2D eigenvalue weighted by Crippen LogP contribution is 2.36. The number of nitrogens with zero attached hydrogens (tertiary/aromatic N) is 2. The van der Waals surface area contributed by atoms with Crippen LogP contribution in [0.4, 0.5) is 0 Å². The maximum absolute atomic E-state index is 8.88. The lowest BCUT2D eigenvalue weighted by Gasteiger charge is -2.48. The lowest BCUT2D eigenvalue weighted by atomic mass is 10.4. The second-order valence-electron chi connectivity index (χ2n) is 7.54. The number of nitriles is 2. The van der Waals surface area contributed by atoms with Gasteiger partial charge in [0.05, 0.1) is 12.1 Å². The standard InChI is InChI=1S/C14H30N2O4Si4/c1-21(2)17-22(3,4)19-24(13-9-7-11-15,14-10-8-12-16)20-23(5,6)18-21/h7-10,13-14H2,1-6H3. The van der Waals surface area contributed by atoms with Crippen LogP contribution in [-0.4, -0.2) is 34.2 Å². The maximum atomic E-state index is 8.88. The van der Waals surface area contributed by atoms with Gasteiger partial charge in [0.15, 0.2) is 0 Å². The van der Waals surface area contributed by atoms with Crippen LogP contribution in [-0.2, 0) is 16.5 Å². The summed E-state index contributed by atoms with van der Waals surface area (Å²) < 4.78 is 26.0. The van der Waals surface area contributed by atoms with E-state index in [1.165, 1.54) is 0 Å². The Hall–Kier alpha value is -0.312. The first-order chi connectivity index (χ1) is 10.9. The first-order valence-electron chi connectivity index (χ1n) is 8.49. The summed E-state index contributed by atoms with van der Waals surface area (Å²) in [5, 5.41) is 17.8. The van der Waals surface area contributed by atoms with Gasteiger partial charge in [0.25, 0.3) is 0 Å². The molecule has 0 atom stereocenters. The van der Waals surface area contributed by atoms with Crippen molar-refractivity contribution in [3.63, 3.8) is 0 Å². The first-order valence-corrected chi connectivity index (χ1v) is 19.2. The van der Waals surface area contributed by atoms with Crippen LogP contribution >= 0.6 is 0 Å². The van der Waals surface area contributed by atoms with E-state index in [4.69, 9.17) is 27.0 Å². The summed E-state index contributed by atoms with van der Waals surface area (Å²) in [5.41, 5.74) is 0. The smallest absolute Gasteiger partial charge is 0.320 e. The van der Waals surface area contributed by atoms with E-state index < -0.39 is 34.2 Å². The van der Waals surface area contributed by atoms with Gasteiger partial charge in [-0.05, 0) is 64.2 Å². The fourth-order valence-electron chi connectivity index (χ4n) is 3.37. The van der Waals surface area contributed by atoms with Crippen LogP contribution in [0, 0.1) is 22.7 Å². The molecule has 0 unspecified atom stereocenters. The Morgan fingerprint density at radius 2 is 0.958 bits per heavy atom. The quantitative estimate of drug-likeness (QED) is 0.488. The molecule has 10 heteroatoms. The topological polar surface area (TPSA) is 84.5 Å². The van der Waals surface area contributed by atoms with Crippen LogP contribution in [0.15, 0.2) is 0 Å². The number of hydrogen-bond acceptors (Lipinski definition) is 6. The molecule has 0 amide bonds. The van der Waals surface area contributed by atoms with Gasteiger partial charge in [-0.2, -0.15) is 10.5 Å². The Balaban J connectivity index is 3.11. The average molecular weight is 403 g/mol. The fourth-order valence-corrected chi connectivity index (χ4v) is 25.5. The van der Waals surface area contributed by atoms with Crippen LogP contribution in [0.3, 0.4) is 0 Å². The second-order valence-corrected chi connectivity index (χ2v) is 22.0. The molecule has 1 aliphatic rings. The molecule has 0 aromatic heterocycles. The van der Waals surface area contributed by atoms with E-state index in [9.17, 15) is 0 Å². The van der Waals surface area contributed by atoms with Gasteiger partial charge in [-0.1, -0.05) is 0 Å². The molecule has 1 fully saturated rings. The first kappa shape index (κ1) is 21.7. The highest BCUT2D eigenvalue weighted by atomic mass is 28.5. The third kappa shape index (κ3) is 7.29. The van der Waals surface area contributed by atoms with Gasteiger partial charge in [-0.25, -0.2) is 0 Å². The molecule has 1 heterocycles. The normalized spacial score (nSPS) is 24.2. The zero-order valence-corrected chi connectivity index (χ0v) is 19.8. The predicted octanol–water partition coefficient (Wildman–Crippen LogP) is 4.22. The summed E-state index contributed by atoms with van der Waals surface area (Å²) in [5.74, 6) is 0. The van der Waals surface area contributed by atoms with Crippen molar-refractivity contribution in [2.24, 2.45) is 0 Å². The summed E-state index contributed by atoms with van der Waals surface area (Å²) in [6.45, 7) is 12.3. The van der Waals surface area contributed by atoms with Crippen molar-refractivity contribution < 1.29 is 16.5 Å². The van der Waals surface area contributed by atoms with Crippen molar-refractivity contribution in [3.05, 3.63) is 0 Å². The van der Waals surface area contributed by atoms with Gasteiger partial charge in [0.1, 0.15) is 0 Å². The SMILES string of the molecule is C[Si]1(C)O[Si](C)(C)O[Si](CCCC#N)(CCCC#N)O[Si](C)(C)O1. The second kappa shape index (κ2) is 8.38. The van der Waals surface area contributed by atoms with Crippen molar-refractivity contribution in [1.29, 1.82) is 10.5 Å². The molecular weight excluding hydrogens is 373 g/mol. The lowest BCUT2D eigenvalue weighted by Crippen LogP contribution is -2.65. The minimum Gasteiger partial charge on any atom is -0.416 e. The zero-order valence-electron chi connectivity index (χ0n) is 15.8. The van der Waals surface area contributed by atoms with E-state index in [1.807, 2.05) is 39.3 Å². The minimum atomic E-state index is -2.58. The molecule has 136 valence electrons. The third-order valence-electron chi connectivity index (χ3n) is 3.54. The molecular formula is C14H30N2O4Si4. The largest absolute Gasteiger partial charge is 0.416 e. The third-order valence-corrected chi connectivity index (χ3v) is 20.5. The van der Waals surface area contributed by atoms with Gasteiger partial charge in [-0.15, -0.1) is 0 Å². The van der Waals surface area contributed by atoms with Crippen molar-refractivity contribution >= 4 is 34.2 Å². The molecule has 0 aliphatic carbocycles. The highest BCUT2D eigenvalue weighted by molar-refractivity contribution is 6.93. The van der Waals surface area contributed by atoms with E-state index in [0.717, 1.165) is 24.9 Å². The Morgan fingerprint density at radius 3 is 1.29 bits per heavy atom. The Kier molecular flexibility index (Phi) is 7.59.